The summed E-state index contributed by atoms with van der Waals surface area (Å²) in [6, 6.07) is -1.71. The molecule has 1 saturated heterocycles. The average Bonchev–Trinajstić information content (AvgIpc) is 3.30. The molecule has 0 spiro atoms. The van der Waals surface area contributed by atoms with Crippen molar-refractivity contribution < 1.29 is 33.8 Å². The van der Waals surface area contributed by atoms with Crippen LogP contribution in [0.3, 0.4) is 0 Å². The molecule has 2 fully saturated rings. The normalized spacial score (nSPS) is 33.0. The summed E-state index contributed by atoms with van der Waals surface area (Å²) in [5.74, 6) is -1.11. The fraction of sp³-hybridized carbons (Fsp3) is 0.769. The Morgan fingerprint density at radius 3 is 2.66 bits per heavy atom. The molecule has 0 aromatic carbocycles. The van der Waals surface area contributed by atoms with E-state index in [1.165, 1.54) is 4.90 Å². The second-order valence-corrected chi connectivity index (χ2v) is 11.0. The Balaban J connectivity index is 1.84. The van der Waals surface area contributed by atoms with Crippen molar-refractivity contribution in [3.05, 3.63) is 12.2 Å². The fourth-order valence-electron chi connectivity index (χ4n) is 5.12. The van der Waals surface area contributed by atoms with E-state index in [9.17, 15) is 24.3 Å². The second-order valence-electron chi connectivity index (χ2n) is 11.0. The predicted octanol–water partition coefficient (Wildman–Crippen LogP) is 2.89. The molecule has 3 rings (SSSR count). The van der Waals surface area contributed by atoms with Gasteiger partial charge in [-0.2, -0.15) is 0 Å². The number of nitrogens with one attached hydrogen (secondary N) is 1. The van der Waals surface area contributed by atoms with Crippen LogP contribution in [-0.2, 0) is 23.9 Å². The number of ketones is 1. The van der Waals surface area contributed by atoms with Gasteiger partial charge in [0.05, 0.1) is 24.2 Å². The highest BCUT2D eigenvalue weighted by Crippen LogP contribution is 2.57. The van der Waals surface area contributed by atoms with Gasteiger partial charge in [0, 0.05) is 19.4 Å². The Bertz CT molecular complexity index is 849. The lowest BCUT2D eigenvalue weighted by molar-refractivity contribution is -0.152. The molecule has 9 heteroatoms. The van der Waals surface area contributed by atoms with E-state index in [0.29, 0.717) is 19.3 Å². The van der Waals surface area contributed by atoms with Gasteiger partial charge in [-0.25, -0.2) is 4.79 Å². The fourth-order valence-corrected chi connectivity index (χ4v) is 5.12. The molecule has 2 heterocycles. The van der Waals surface area contributed by atoms with Crippen LogP contribution in [0.25, 0.3) is 0 Å². The maximum Gasteiger partial charge on any atom is 0.408 e. The van der Waals surface area contributed by atoms with Crippen molar-refractivity contribution in [2.24, 2.45) is 11.3 Å². The molecule has 1 saturated carbocycles. The van der Waals surface area contributed by atoms with Crippen molar-refractivity contribution in [1.82, 2.24) is 10.2 Å². The number of ether oxygens (including phenoxy) is 2. The van der Waals surface area contributed by atoms with Gasteiger partial charge in [-0.1, -0.05) is 25.0 Å². The van der Waals surface area contributed by atoms with Gasteiger partial charge in [0.2, 0.25) is 5.91 Å². The molecule has 9 nitrogen and oxygen atoms in total. The van der Waals surface area contributed by atoms with Gasteiger partial charge in [-0.3, -0.25) is 14.4 Å². The van der Waals surface area contributed by atoms with Crippen LogP contribution >= 0.6 is 0 Å². The number of fused-ring (bicyclic) bond motifs is 2. The molecule has 196 valence electrons. The first kappa shape index (κ1) is 27.2. The number of hydrogen-bond donors (Lipinski definition) is 2. The summed E-state index contributed by atoms with van der Waals surface area (Å²) in [5.41, 5.74) is -1.62. The number of allylic oxidation sites excluding steroid dienone is 2. The number of Topliss-reactive ketones (excluding diaryl/α,β-unsaturated/α-hetero) is 1. The zero-order valence-electron chi connectivity index (χ0n) is 21.4. The van der Waals surface area contributed by atoms with E-state index in [4.69, 9.17) is 9.47 Å². The predicted molar refractivity (Wildman–Crippen MR) is 128 cm³/mol. The highest BCUT2D eigenvalue weighted by Gasteiger charge is 2.61. The van der Waals surface area contributed by atoms with Crippen LogP contribution in [0.1, 0.15) is 79.1 Å². The first-order valence-corrected chi connectivity index (χ1v) is 12.8. The van der Waals surface area contributed by atoms with Gasteiger partial charge in [0.1, 0.15) is 11.6 Å². The number of rotatable bonds is 3. The molecular weight excluding hydrogens is 452 g/mol. The molecule has 35 heavy (non-hydrogen) atoms. The Kier molecular flexibility index (Phi) is 8.62. The molecular formula is C26H40N2O7. The van der Waals surface area contributed by atoms with Gasteiger partial charge in [0.25, 0.3) is 0 Å². The minimum absolute atomic E-state index is 0.0114. The molecule has 5 atom stereocenters. The topological polar surface area (TPSA) is 122 Å². The first-order chi connectivity index (χ1) is 16.5. The molecule has 3 aliphatic rings. The van der Waals surface area contributed by atoms with Crippen molar-refractivity contribution >= 4 is 23.8 Å². The number of hydrogen-bond acceptors (Lipinski definition) is 7. The van der Waals surface area contributed by atoms with Crippen LogP contribution in [0.15, 0.2) is 12.2 Å². The van der Waals surface area contributed by atoms with Crippen LogP contribution in [0, 0.1) is 11.3 Å². The number of amides is 2. The lowest BCUT2D eigenvalue weighted by atomic mass is 9.91. The summed E-state index contributed by atoms with van der Waals surface area (Å²) in [7, 11) is 0. The number of alkyl carbamates (subject to hydrolysis) is 1. The Morgan fingerprint density at radius 1 is 1.23 bits per heavy atom. The number of nitrogens with zero attached hydrogens (tertiary/aromatic N) is 1. The van der Waals surface area contributed by atoms with Gasteiger partial charge in [-0.05, 0) is 59.3 Å². The summed E-state index contributed by atoms with van der Waals surface area (Å²) in [6.45, 7) is 7.21. The van der Waals surface area contributed by atoms with Gasteiger partial charge in [0.15, 0.2) is 5.78 Å². The second kappa shape index (κ2) is 11.1. The maximum absolute atomic E-state index is 13.6. The largest absolute Gasteiger partial charge is 0.466 e. The molecule has 0 bridgehead atoms. The molecule has 2 aliphatic heterocycles. The molecule has 2 amide bonds. The standard InChI is InChI=1S/C26H40N2O7/c1-5-34-23(32)26-14-17(26)11-9-7-6-8-10-12-19(27-24(33)35-25(2,3)4)22(31)28-16-18(29)13-20(28)21(30)15-26/h9,11,17-20,29H,5-8,10,12-16H2,1-4H3,(H,27,33)/b11-9-/t17-,18+,19+,20+,26-/m1/s1. The molecule has 0 aromatic rings. The van der Waals surface area contributed by atoms with E-state index in [0.717, 1.165) is 19.3 Å². The quantitative estimate of drug-likeness (QED) is 0.459. The Morgan fingerprint density at radius 2 is 1.97 bits per heavy atom. The molecule has 0 unspecified atom stereocenters. The number of carbonyl (C=O) groups is 4. The van der Waals surface area contributed by atoms with Crippen LogP contribution in [0.5, 0.6) is 0 Å². The molecule has 2 N–H and O–H groups in total. The van der Waals surface area contributed by atoms with Crippen molar-refractivity contribution in [2.45, 2.75) is 103 Å². The third-order valence-electron chi connectivity index (χ3n) is 6.96. The van der Waals surface area contributed by atoms with Crippen molar-refractivity contribution in [3.63, 3.8) is 0 Å². The van der Waals surface area contributed by atoms with E-state index in [2.05, 4.69) is 11.4 Å². The van der Waals surface area contributed by atoms with Crippen molar-refractivity contribution in [2.75, 3.05) is 13.2 Å². The average molecular weight is 493 g/mol. The van der Waals surface area contributed by atoms with Crippen molar-refractivity contribution in [3.8, 4) is 0 Å². The van der Waals surface area contributed by atoms with Gasteiger partial charge < -0.3 is 24.8 Å². The maximum atomic E-state index is 13.6. The highest BCUT2D eigenvalue weighted by molar-refractivity contribution is 5.96. The van der Waals surface area contributed by atoms with Gasteiger partial charge >= 0.3 is 12.1 Å². The zero-order chi connectivity index (χ0) is 25.8. The minimum atomic E-state index is -0.903. The monoisotopic (exact) mass is 492 g/mol. The smallest absolute Gasteiger partial charge is 0.408 e. The Hall–Kier alpha value is -2.42. The first-order valence-electron chi connectivity index (χ1n) is 12.8. The van der Waals surface area contributed by atoms with Crippen molar-refractivity contribution in [1.29, 1.82) is 0 Å². The number of carbonyl (C=O) groups excluding carboxylic acids is 4. The molecule has 0 radical (unpaired) electrons. The number of esters is 1. The summed E-state index contributed by atoms with van der Waals surface area (Å²) in [4.78, 5) is 53.6. The summed E-state index contributed by atoms with van der Waals surface area (Å²) >= 11 is 0. The Labute approximate surface area is 207 Å². The third-order valence-corrected chi connectivity index (χ3v) is 6.96. The number of aliphatic hydroxyl groups is 1. The summed E-state index contributed by atoms with van der Waals surface area (Å²) < 4.78 is 10.7. The van der Waals surface area contributed by atoms with Crippen LogP contribution in [0.2, 0.25) is 0 Å². The molecule has 1 aliphatic carbocycles. The summed E-state index contributed by atoms with van der Waals surface area (Å²) in [6.07, 6.45) is 6.89. The van der Waals surface area contributed by atoms with Crippen LogP contribution in [-0.4, -0.2) is 70.7 Å². The number of aliphatic hydroxyl groups excluding tert-OH is 1. The highest BCUT2D eigenvalue weighted by atomic mass is 16.6. The van der Waals surface area contributed by atoms with E-state index in [1.54, 1.807) is 27.7 Å². The van der Waals surface area contributed by atoms with E-state index in [-0.39, 0.29) is 43.7 Å². The van der Waals surface area contributed by atoms with E-state index >= 15 is 0 Å². The van der Waals surface area contributed by atoms with Crippen LogP contribution < -0.4 is 5.32 Å². The third kappa shape index (κ3) is 6.84. The van der Waals surface area contributed by atoms with E-state index < -0.39 is 41.2 Å². The van der Waals surface area contributed by atoms with Gasteiger partial charge in [-0.15, -0.1) is 0 Å². The van der Waals surface area contributed by atoms with Crippen LogP contribution in [0.4, 0.5) is 4.79 Å². The minimum Gasteiger partial charge on any atom is -0.466 e. The summed E-state index contributed by atoms with van der Waals surface area (Å²) in [5, 5.41) is 13.0. The molecule has 0 aromatic heterocycles. The zero-order valence-corrected chi connectivity index (χ0v) is 21.4. The lowest BCUT2D eigenvalue weighted by Gasteiger charge is -2.30. The lowest BCUT2D eigenvalue weighted by Crippen LogP contribution is -2.52. The SMILES string of the molecule is CCOC(=O)[C@]12CC(=O)[C@@H]3C[C@H](O)CN3C(=O)[C@@H](NC(=O)OC(C)(C)C)CCCCC/C=C\[C@@H]1C2. The van der Waals surface area contributed by atoms with E-state index in [1.807, 2.05) is 6.08 Å².